The van der Waals surface area contributed by atoms with Crippen molar-refractivity contribution >= 4 is 37.2 Å². The summed E-state index contributed by atoms with van der Waals surface area (Å²) in [6.07, 6.45) is 1.46. The van der Waals surface area contributed by atoms with E-state index >= 15 is 0 Å². The molecule has 2 bridgehead atoms. The number of oxazole rings is 1. The average molecular weight is 748 g/mol. The Hall–Kier alpha value is -3.73. The quantitative estimate of drug-likeness (QED) is 0.179. The molecule has 0 amide bonds. The van der Waals surface area contributed by atoms with Gasteiger partial charge in [-0.1, -0.05) is 18.2 Å². The highest BCUT2D eigenvalue weighted by Gasteiger charge is 2.62. The van der Waals surface area contributed by atoms with E-state index in [2.05, 4.69) is 4.98 Å². The van der Waals surface area contributed by atoms with Crippen molar-refractivity contribution in [2.75, 3.05) is 12.9 Å². The number of thiophene rings is 1. The van der Waals surface area contributed by atoms with E-state index in [1.165, 1.54) is 38.0 Å². The molecule has 3 aliphatic rings. The molecule has 1 unspecified atom stereocenters. The largest absolute Gasteiger partial charge is 0.496 e. The summed E-state index contributed by atoms with van der Waals surface area (Å²) in [6.45, 7) is 4.07. The van der Waals surface area contributed by atoms with Crippen LogP contribution in [-0.2, 0) is 36.2 Å². The Morgan fingerprint density at radius 3 is 2.45 bits per heavy atom. The molecule has 2 saturated heterocycles. The number of hydrogen-bond donors (Lipinski definition) is 0. The van der Waals surface area contributed by atoms with Crippen molar-refractivity contribution in [1.82, 2.24) is 14.1 Å². The van der Waals surface area contributed by atoms with Crippen LogP contribution in [0, 0.1) is 6.92 Å². The molecule has 51 heavy (non-hydrogen) atoms. The number of fused-ring (bicyclic) bond motifs is 3. The van der Waals surface area contributed by atoms with Gasteiger partial charge in [0.2, 0.25) is 5.89 Å². The highest BCUT2D eigenvalue weighted by Crippen LogP contribution is 2.49. The second-order valence-electron chi connectivity index (χ2n) is 14.1. The van der Waals surface area contributed by atoms with Crippen molar-refractivity contribution < 1.29 is 40.6 Å². The molecule has 0 radical (unpaired) electrons. The minimum Gasteiger partial charge on any atom is -0.496 e. The SMILES string of the molecule is COc1ccccc1[C@H](Cn1c(=O)n(C(C)(C)C(=O)CS(=O)(=O)C2(C(F)F)CC2)c(=O)c2c(C)c(-c3ncco3)sc21)OC1C[C@H]2CC[C@@H](C1)O2. The van der Waals surface area contributed by atoms with E-state index in [0.29, 0.717) is 34.6 Å². The van der Waals surface area contributed by atoms with Crippen LogP contribution < -0.4 is 16.0 Å². The molecule has 0 N–H and O–H groups in total. The van der Waals surface area contributed by atoms with Crippen molar-refractivity contribution in [2.45, 2.75) is 107 Å². The van der Waals surface area contributed by atoms with Gasteiger partial charge >= 0.3 is 5.69 Å². The molecule has 4 atom stereocenters. The fraction of sp³-hybridized carbons (Fsp3) is 0.543. The number of para-hydroxylation sites is 1. The van der Waals surface area contributed by atoms with Gasteiger partial charge in [-0.3, -0.25) is 14.2 Å². The second-order valence-corrected chi connectivity index (χ2v) is 17.5. The third kappa shape index (κ3) is 6.07. The van der Waals surface area contributed by atoms with E-state index in [4.69, 9.17) is 18.6 Å². The number of methoxy groups -OCH3 is 1. The zero-order valence-electron chi connectivity index (χ0n) is 28.6. The van der Waals surface area contributed by atoms with Crippen LogP contribution in [0.1, 0.15) is 69.6 Å². The Morgan fingerprint density at radius 2 is 1.84 bits per heavy atom. The lowest BCUT2D eigenvalue weighted by atomic mass is 9.99. The fourth-order valence-electron chi connectivity index (χ4n) is 7.41. The van der Waals surface area contributed by atoms with Crippen LogP contribution >= 0.6 is 11.3 Å². The number of halogens is 2. The molecule has 3 aromatic heterocycles. The zero-order valence-corrected chi connectivity index (χ0v) is 30.2. The van der Waals surface area contributed by atoms with Gasteiger partial charge in [-0.05, 0) is 70.9 Å². The van der Waals surface area contributed by atoms with E-state index in [9.17, 15) is 31.6 Å². The third-order valence-electron chi connectivity index (χ3n) is 10.6. The van der Waals surface area contributed by atoms with Crippen molar-refractivity contribution in [1.29, 1.82) is 0 Å². The molecule has 5 heterocycles. The number of carbonyl (C=O) groups is 1. The Morgan fingerprint density at radius 1 is 1.16 bits per heavy atom. The molecular weight excluding hydrogens is 709 g/mol. The summed E-state index contributed by atoms with van der Waals surface area (Å²) < 4.78 is 77.9. The molecule has 1 saturated carbocycles. The van der Waals surface area contributed by atoms with Gasteiger partial charge in [0.05, 0.1) is 48.4 Å². The number of alkyl halides is 2. The van der Waals surface area contributed by atoms with Crippen LogP contribution in [0.5, 0.6) is 5.75 Å². The molecule has 12 nitrogen and oxygen atoms in total. The summed E-state index contributed by atoms with van der Waals surface area (Å²) >= 11 is 1.12. The number of nitrogens with zero attached hydrogens (tertiary/aromatic N) is 3. The first kappa shape index (κ1) is 35.7. The van der Waals surface area contributed by atoms with Crippen LogP contribution in [0.15, 0.2) is 50.7 Å². The van der Waals surface area contributed by atoms with E-state index in [1.54, 1.807) is 13.0 Å². The maximum Gasteiger partial charge on any atom is 0.333 e. The molecule has 16 heteroatoms. The van der Waals surface area contributed by atoms with Gasteiger partial charge in [0.25, 0.3) is 12.0 Å². The lowest BCUT2D eigenvalue weighted by Gasteiger charge is -2.33. The number of carbonyl (C=O) groups excluding carboxylic acids is 1. The molecule has 1 aromatic carbocycles. The van der Waals surface area contributed by atoms with Crippen LogP contribution in [-0.4, -0.2) is 70.7 Å². The number of Topliss-reactive ketones (excluding diaryl/α,β-unsaturated/α-hetero) is 1. The maximum absolute atomic E-state index is 14.7. The average Bonchev–Trinajstić information content (AvgIpc) is 3.43. The smallest absolute Gasteiger partial charge is 0.333 e. The highest BCUT2D eigenvalue weighted by atomic mass is 32.2. The van der Waals surface area contributed by atoms with Gasteiger partial charge < -0.3 is 18.6 Å². The van der Waals surface area contributed by atoms with Crippen LogP contribution in [0.4, 0.5) is 8.78 Å². The van der Waals surface area contributed by atoms with Crippen molar-refractivity contribution in [3.05, 3.63) is 68.7 Å². The Kier molecular flexibility index (Phi) is 9.12. The lowest BCUT2D eigenvalue weighted by Crippen LogP contribution is -2.54. The standard InChI is InChI=1S/C35H39F2N3O9S2/c1-19-27-30(42)40(34(2,3)26(41)18-51(44,45)35(11-12-35)32(36)37)33(43)39(31(27)50-28(19)29-38-13-14-47-29)17-25(23-7-5-6-8-24(23)46-4)49-22-15-20-9-10-21(16-22)48-20/h5-8,13-14,20-22,25,32H,9-12,15-18H2,1-4H3/t20-,21+,22?,25-/m0/s1. The fourth-order valence-corrected chi connectivity index (χ4v) is 10.6. The molecule has 2 aliphatic heterocycles. The van der Waals surface area contributed by atoms with Crippen molar-refractivity contribution in [2.24, 2.45) is 0 Å². The Balaban J connectivity index is 1.38. The van der Waals surface area contributed by atoms with Gasteiger partial charge in [0.15, 0.2) is 15.6 Å². The lowest BCUT2D eigenvalue weighted by molar-refractivity contribution is -0.123. The number of aryl methyl sites for hydroxylation is 1. The predicted octanol–water partition coefficient (Wildman–Crippen LogP) is 5.18. The van der Waals surface area contributed by atoms with E-state index in [0.717, 1.165) is 28.7 Å². The number of aromatic nitrogens is 3. The van der Waals surface area contributed by atoms with E-state index < -0.39 is 55.4 Å². The second kappa shape index (κ2) is 13.0. The van der Waals surface area contributed by atoms with Gasteiger partial charge in [-0.15, -0.1) is 11.3 Å². The number of ketones is 1. The molecule has 0 spiro atoms. The summed E-state index contributed by atoms with van der Waals surface area (Å²) in [5.74, 6) is -1.57. The third-order valence-corrected chi connectivity index (χ3v) is 14.4. The van der Waals surface area contributed by atoms with Crippen LogP contribution in [0.25, 0.3) is 21.0 Å². The van der Waals surface area contributed by atoms with E-state index in [1.807, 2.05) is 18.2 Å². The molecule has 7 rings (SSSR count). The summed E-state index contributed by atoms with van der Waals surface area (Å²) in [7, 11) is -3.09. The monoisotopic (exact) mass is 747 g/mol. The first-order valence-electron chi connectivity index (χ1n) is 16.9. The molecular formula is C35H39F2N3O9S2. The van der Waals surface area contributed by atoms with Crippen molar-refractivity contribution in [3.8, 4) is 16.5 Å². The number of ether oxygens (including phenoxy) is 3. The first-order chi connectivity index (χ1) is 24.2. The topological polar surface area (TPSA) is 149 Å². The van der Waals surface area contributed by atoms with Gasteiger partial charge in [-0.2, -0.15) is 0 Å². The summed E-state index contributed by atoms with van der Waals surface area (Å²) in [4.78, 5) is 48.0. The predicted molar refractivity (Wildman–Crippen MR) is 184 cm³/mol. The zero-order chi connectivity index (χ0) is 36.5. The summed E-state index contributed by atoms with van der Waals surface area (Å²) in [5.41, 5.74) is -2.69. The first-order valence-corrected chi connectivity index (χ1v) is 19.3. The number of rotatable bonds is 13. The van der Waals surface area contributed by atoms with Crippen LogP contribution in [0.3, 0.4) is 0 Å². The summed E-state index contributed by atoms with van der Waals surface area (Å²) in [6, 6.07) is 7.25. The number of benzene rings is 1. The molecule has 4 aromatic rings. The molecule has 1 aliphatic carbocycles. The number of sulfone groups is 1. The summed E-state index contributed by atoms with van der Waals surface area (Å²) in [5, 5.41) is 0.102. The normalized spacial score (nSPS) is 22.1. The minimum absolute atomic E-state index is 0.0645. The van der Waals surface area contributed by atoms with Gasteiger partial charge in [-0.25, -0.2) is 31.5 Å². The highest BCUT2D eigenvalue weighted by molar-refractivity contribution is 7.93. The minimum atomic E-state index is -4.62. The number of hydrogen-bond acceptors (Lipinski definition) is 11. The molecule has 274 valence electrons. The van der Waals surface area contributed by atoms with Crippen LogP contribution in [0.2, 0.25) is 0 Å². The Labute approximate surface area is 296 Å². The van der Waals surface area contributed by atoms with E-state index in [-0.39, 0.29) is 53.8 Å². The molecule has 3 fully saturated rings. The van der Waals surface area contributed by atoms with Gasteiger partial charge in [0.1, 0.15) is 39.0 Å². The van der Waals surface area contributed by atoms with Gasteiger partial charge in [0, 0.05) is 5.56 Å². The Bertz CT molecular complexity index is 2190. The van der Waals surface area contributed by atoms with Crippen molar-refractivity contribution in [3.63, 3.8) is 0 Å². The maximum atomic E-state index is 14.7.